The first-order chi connectivity index (χ1) is 11.6. The zero-order valence-corrected chi connectivity index (χ0v) is 15.0. The van der Waals surface area contributed by atoms with Crippen LogP contribution in [0.5, 0.6) is 0 Å². The Balaban J connectivity index is 0.000000705. The molecular formula is C15H18ClF3N2O3S. The molecular weight excluding hydrogens is 381 g/mol. The molecule has 1 fully saturated rings. The highest BCUT2D eigenvalue weighted by Crippen LogP contribution is 2.33. The molecule has 1 N–H and O–H groups in total. The topological polar surface area (TPSA) is 79.6 Å². The van der Waals surface area contributed by atoms with Crippen molar-refractivity contribution in [2.45, 2.75) is 38.8 Å². The maximum absolute atomic E-state index is 13.0. The lowest BCUT2D eigenvalue weighted by Crippen LogP contribution is -2.12. The molecule has 2 rings (SSSR count). The second-order valence-corrected chi connectivity index (χ2v) is 6.45. The van der Waals surface area contributed by atoms with E-state index in [4.69, 9.17) is 29.6 Å². The molecule has 1 saturated carbocycles. The summed E-state index contributed by atoms with van der Waals surface area (Å²) < 4.78 is 61.7. The van der Waals surface area contributed by atoms with Crippen LogP contribution in [0.15, 0.2) is 23.4 Å². The van der Waals surface area contributed by atoms with Crippen molar-refractivity contribution < 1.29 is 26.4 Å². The summed E-state index contributed by atoms with van der Waals surface area (Å²) in [5.41, 5.74) is -0.609. The molecule has 25 heavy (non-hydrogen) atoms. The molecule has 0 heterocycles. The van der Waals surface area contributed by atoms with Crippen LogP contribution in [0.2, 0.25) is 5.02 Å². The van der Waals surface area contributed by atoms with Crippen molar-refractivity contribution >= 4 is 27.8 Å². The summed E-state index contributed by atoms with van der Waals surface area (Å²) in [6, 6.07) is 3.45. The van der Waals surface area contributed by atoms with E-state index in [0.29, 0.717) is 12.5 Å². The Morgan fingerprint density at radius 3 is 2.44 bits per heavy atom. The Hall–Kier alpha value is -1.61. The van der Waals surface area contributed by atoms with Crippen molar-refractivity contribution in [1.82, 2.24) is 0 Å². The Bertz CT molecular complexity index is 708. The Kier molecular flexibility index (Phi) is 8.37. The van der Waals surface area contributed by atoms with Crippen LogP contribution in [0.4, 0.5) is 13.2 Å². The number of hydrogen-bond acceptors (Lipinski definition) is 5. The van der Waals surface area contributed by atoms with Crippen molar-refractivity contribution in [3.63, 3.8) is 0 Å². The normalized spacial score (nSPS) is 15.5. The SMILES string of the molecule is C/C(=N\OCC1CCCC1)c1cc(Cl)ccc1C(F)(F)F.N=S(=O)=O. The second kappa shape index (κ2) is 9.76. The van der Waals surface area contributed by atoms with Gasteiger partial charge in [0, 0.05) is 10.6 Å². The molecule has 140 valence electrons. The largest absolute Gasteiger partial charge is 0.417 e. The predicted molar refractivity (Wildman–Crippen MR) is 88.2 cm³/mol. The molecule has 0 amide bonds. The van der Waals surface area contributed by atoms with E-state index in [-0.39, 0.29) is 16.3 Å². The maximum Gasteiger partial charge on any atom is 0.417 e. The van der Waals surface area contributed by atoms with Gasteiger partial charge in [-0.2, -0.15) is 26.4 Å². The van der Waals surface area contributed by atoms with E-state index in [9.17, 15) is 13.2 Å². The average Bonchev–Trinajstić information content (AvgIpc) is 2.98. The van der Waals surface area contributed by atoms with Crippen molar-refractivity contribution in [3.8, 4) is 0 Å². The number of hydrogen-bond donors (Lipinski definition) is 1. The highest BCUT2D eigenvalue weighted by atomic mass is 35.5. The lowest BCUT2D eigenvalue weighted by molar-refractivity contribution is -0.137. The maximum atomic E-state index is 13.0. The Labute approximate surface area is 150 Å². The summed E-state index contributed by atoms with van der Waals surface area (Å²) in [4.78, 5) is 5.22. The van der Waals surface area contributed by atoms with Crippen LogP contribution in [-0.4, -0.2) is 20.7 Å². The van der Waals surface area contributed by atoms with E-state index in [1.807, 2.05) is 0 Å². The molecule has 0 radical (unpaired) electrons. The van der Waals surface area contributed by atoms with Crippen LogP contribution >= 0.6 is 11.6 Å². The number of halogens is 4. The van der Waals surface area contributed by atoms with Gasteiger partial charge in [-0.15, -0.1) is 0 Å². The van der Waals surface area contributed by atoms with Gasteiger partial charge in [-0.25, -0.2) is 0 Å². The van der Waals surface area contributed by atoms with Crippen LogP contribution < -0.4 is 0 Å². The predicted octanol–water partition coefficient (Wildman–Crippen LogP) is 4.92. The number of alkyl halides is 3. The van der Waals surface area contributed by atoms with Gasteiger partial charge in [-0.3, -0.25) is 0 Å². The summed E-state index contributed by atoms with van der Waals surface area (Å²) in [7, 11) is -2.61. The zero-order valence-electron chi connectivity index (χ0n) is 13.4. The van der Waals surface area contributed by atoms with Gasteiger partial charge < -0.3 is 4.84 Å². The van der Waals surface area contributed by atoms with Crippen LogP contribution in [-0.2, 0) is 21.5 Å². The Morgan fingerprint density at radius 2 is 1.92 bits per heavy atom. The summed E-state index contributed by atoms with van der Waals surface area (Å²) >= 11 is 5.79. The monoisotopic (exact) mass is 398 g/mol. The van der Waals surface area contributed by atoms with Gasteiger partial charge in [-0.05, 0) is 43.9 Å². The fraction of sp³-hybridized carbons (Fsp3) is 0.533. The van der Waals surface area contributed by atoms with Gasteiger partial charge in [0.2, 0.25) is 0 Å². The standard InChI is InChI=1S/C15H17ClF3NO.HNO2S/c1-10(20-21-9-11-4-2-3-5-11)13-8-12(16)6-7-14(13)15(17,18)19;1-4(2)3/h6-8,11H,2-5,9H2,1H3;1H/b20-10+;. The minimum absolute atomic E-state index is 0.0404. The van der Waals surface area contributed by atoms with Gasteiger partial charge in [-0.1, -0.05) is 29.6 Å². The van der Waals surface area contributed by atoms with E-state index in [1.54, 1.807) is 0 Å². The van der Waals surface area contributed by atoms with Crippen LogP contribution in [0, 0.1) is 10.7 Å². The van der Waals surface area contributed by atoms with Crippen molar-refractivity contribution in [2.75, 3.05) is 6.61 Å². The van der Waals surface area contributed by atoms with E-state index < -0.39 is 22.2 Å². The van der Waals surface area contributed by atoms with Crippen LogP contribution in [0.3, 0.4) is 0 Å². The highest BCUT2D eigenvalue weighted by Gasteiger charge is 2.34. The van der Waals surface area contributed by atoms with E-state index in [0.717, 1.165) is 18.9 Å². The lowest BCUT2D eigenvalue weighted by atomic mass is 10.0. The van der Waals surface area contributed by atoms with Gasteiger partial charge in [0.15, 0.2) is 0 Å². The number of benzene rings is 1. The molecule has 1 aliphatic rings. The van der Waals surface area contributed by atoms with Gasteiger partial charge in [0.25, 0.3) is 0 Å². The van der Waals surface area contributed by atoms with Gasteiger partial charge in [0.1, 0.15) is 6.61 Å². The molecule has 0 saturated heterocycles. The molecule has 5 nitrogen and oxygen atoms in total. The average molecular weight is 399 g/mol. The molecule has 0 bridgehead atoms. The molecule has 0 aliphatic heterocycles. The van der Waals surface area contributed by atoms with Crippen molar-refractivity contribution in [2.24, 2.45) is 11.1 Å². The van der Waals surface area contributed by atoms with Crippen LogP contribution in [0.25, 0.3) is 0 Å². The zero-order chi connectivity index (χ0) is 19.0. The van der Waals surface area contributed by atoms with Crippen molar-refractivity contribution in [3.05, 3.63) is 34.3 Å². The quantitative estimate of drug-likeness (QED) is 0.577. The molecule has 0 atom stereocenters. The Morgan fingerprint density at radius 1 is 1.36 bits per heavy atom. The second-order valence-electron chi connectivity index (χ2n) is 5.55. The first-order valence-corrected chi connectivity index (χ1v) is 8.90. The third-order valence-electron chi connectivity index (χ3n) is 3.66. The van der Waals surface area contributed by atoms with Gasteiger partial charge >= 0.3 is 16.7 Å². The third-order valence-corrected chi connectivity index (χ3v) is 3.90. The first-order valence-electron chi connectivity index (χ1n) is 7.45. The fourth-order valence-electron chi connectivity index (χ4n) is 2.53. The number of nitrogens with zero attached hydrogens (tertiary/aromatic N) is 1. The summed E-state index contributed by atoms with van der Waals surface area (Å²) in [6.45, 7) is 1.95. The summed E-state index contributed by atoms with van der Waals surface area (Å²) in [5.74, 6) is 0.461. The number of nitrogens with one attached hydrogen (secondary N) is 1. The van der Waals surface area contributed by atoms with E-state index >= 15 is 0 Å². The smallest absolute Gasteiger partial charge is 0.395 e. The molecule has 1 aromatic rings. The fourth-order valence-corrected chi connectivity index (χ4v) is 2.70. The molecule has 1 aliphatic carbocycles. The van der Waals surface area contributed by atoms with E-state index in [1.165, 1.54) is 31.9 Å². The lowest BCUT2D eigenvalue weighted by Gasteiger charge is -2.13. The molecule has 0 aromatic heterocycles. The minimum Gasteiger partial charge on any atom is -0.395 e. The van der Waals surface area contributed by atoms with Gasteiger partial charge in [0.05, 0.1) is 11.3 Å². The first kappa shape index (κ1) is 21.4. The number of rotatable bonds is 4. The highest BCUT2D eigenvalue weighted by molar-refractivity contribution is 7.60. The molecule has 1 aromatic carbocycles. The summed E-state index contributed by atoms with van der Waals surface area (Å²) in [5, 5.41) is 4.07. The molecule has 0 spiro atoms. The number of oxime groups is 1. The minimum atomic E-state index is -4.44. The summed E-state index contributed by atoms with van der Waals surface area (Å²) in [6.07, 6.45) is 0.119. The van der Waals surface area contributed by atoms with E-state index in [2.05, 4.69) is 5.16 Å². The van der Waals surface area contributed by atoms with Crippen LogP contribution in [0.1, 0.15) is 43.7 Å². The van der Waals surface area contributed by atoms with Crippen molar-refractivity contribution in [1.29, 1.82) is 4.78 Å². The molecule has 0 unspecified atom stereocenters. The molecule has 10 heteroatoms. The third kappa shape index (κ3) is 7.87.